The van der Waals surface area contributed by atoms with Crippen molar-refractivity contribution >= 4 is 11.8 Å². The predicted octanol–water partition coefficient (Wildman–Crippen LogP) is 2.59. The number of nitrogens with one attached hydrogen (secondary N) is 2. The first-order valence-corrected chi connectivity index (χ1v) is 7.81. The number of methoxy groups -OCH3 is 1. The fourth-order valence-electron chi connectivity index (χ4n) is 2.72. The molecular formula is C16H25N3O2. The lowest BCUT2D eigenvalue weighted by Crippen LogP contribution is -2.32. The van der Waals surface area contributed by atoms with Crippen molar-refractivity contribution < 1.29 is 9.53 Å². The molecule has 0 spiro atoms. The lowest BCUT2D eigenvalue weighted by molar-refractivity contribution is 0.0600. The summed E-state index contributed by atoms with van der Waals surface area (Å²) in [7, 11) is 1.38. The molecule has 0 aliphatic heterocycles. The van der Waals surface area contributed by atoms with Gasteiger partial charge in [0.05, 0.1) is 12.7 Å². The maximum absolute atomic E-state index is 11.4. The molecule has 0 unspecified atom stereocenters. The molecule has 116 valence electrons. The lowest BCUT2D eigenvalue weighted by Gasteiger charge is -2.16. The molecule has 1 fully saturated rings. The van der Waals surface area contributed by atoms with E-state index in [1.54, 1.807) is 18.3 Å². The molecule has 1 aliphatic carbocycles. The van der Waals surface area contributed by atoms with Crippen LogP contribution in [0.15, 0.2) is 18.3 Å². The number of nitrogens with zero attached hydrogens (tertiary/aromatic N) is 1. The van der Waals surface area contributed by atoms with E-state index in [0.29, 0.717) is 17.4 Å². The quantitative estimate of drug-likeness (QED) is 0.479. The van der Waals surface area contributed by atoms with E-state index in [1.165, 1.54) is 45.6 Å². The van der Waals surface area contributed by atoms with Crippen molar-refractivity contribution in [3.63, 3.8) is 0 Å². The van der Waals surface area contributed by atoms with Crippen LogP contribution in [0.3, 0.4) is 0 Å². The Kier molecular flexibility index (Phi) is 6.47. The van der Waals surface area contributed by atoms with E-state index in [1.807, 2.05) is 0 Å². The van der Waals surface area contributed by atoms with Crippen molar-refractivity contribution in [2.24, 2.45) is 0 Å². The van der Waals surface area contributed by atoms with E-state index in [0.717, 1.165) is 13.1 Å². The van der Waals surface area contributed by atoms with Crippen LogP contribution in [0.25, 0.3) is 0 Å². The van der Waals surface area contributed by atoms with Crippen molar-refractivity contribution in [1.29, 1.82) is 0 Å². The smallest absolute Gasteiger partial charge is 0.338 e. The summed E-state index contributed by atoms with van der Waals surface area (Å²) in [5.41, 5.74) is 0.520. The first-order chi connectivity index (χ1) is 10.3. The zero-order chi connectivity index (χ0) is 14.9. The number of aromatic nitrogens is 1. The first-order valence-electron chi connectivity index (χ1n) is 7.81. The normalized spacial score (nSPS) is 16.2. The molecule has 1 heterocycles. The Bertz CT molecular complexity index is 443. The Morgan fingerprint density at radius 1 is 1.29 bits per heavy atom. The number of carbonyl (C=O) groups is 1. The van der Waals surface area contributed by atoms with Gasteiger partial charge in [-0.3, -0.25) is 0 Å². The molecule has 1 aliphatic rings. The Morgan fingerprint density at radius 2 is 2.05 bits per heavy atom. The molecule has 2 N–H and O–H groups in total. The third kappa shape index (κ3) is 5.34. The summed E-state index contributed by atoms with van der Waals surface area (Å²) in [6.45, 7) is 1.71. The van der Waals surface area contributed by atoms with Gasteiger partial charge in [-0.15, -0.1) is 0 Å². The van der Waals surface area contributed by atoms with Crippen LogP contribution in [0.1, 0.15) is 48.9 Å². The average molecular weight is 291 g/mol. The van der Waals surface area contributed by atoms with Crippen LogP contribution in [-0.2, 0) is 4.74 Å². The number of esters is 1. The fraction of sp³-hybridized carbons (Fsp3) is 0.625. The number of pyridine rings is 1. The topological polar surface area (TPSA) is 63.2 Å². The number of anilines is 1. The maximum Gasteiger partial charge on any atom is 0.338 e. The van der Waals surface area contributed by atoms with Crippen LogP contribution in [0, 0.1) is 0 Å². The second-order valence-corrected chi connectivity index (χ2v) is 5.49. The maximum atomic E-state index is 11.4. The molecule has 0 atom stereocenters. The highest BCUT2D eigenvalue weighted by Gasteiger charge is 2.11. The summed E-state index contributed by atoms with van der Waals surface area (Å²) >= 11 is 0. The van der Waals surface area contributed by atoms with Crippen molar-refractivity contribution in [2.75, 3.05) is 25.5 Å². The summed E-state index contributed by atoms with van der Waals surface area (Å²) in [5, 5.41) is 6.84. The van der Waals surface area contributed by atoms with Gasteiger partial charge in [0.15, 0.2) is 0 Å². The molecule has 0 radical (unpaired) electrons. The summed E-state index contributed by atoms with van der Waals surface area (Å²) in [5.74, 6) is 0.373. The molecular weight excluding hydrogens is 266 g/mol. The van der Waals surface area contributed by atoms with Gasteiger partial charge in [0.2, 0.25) is 0 Å². The molecule has 5 nitrogen and oxygen atoms in total. The van der Waals surface area contributed by atoms with Crippen molar-refractivity contribution in [2.45, 2.75) is 44.6 Å². The largest absolute Gasteiger partial charge is 0.465 e. The fourth-order valence-corrected chi connectivity index (χ4v) is 2.72. The van der Waals surface area contributed by atoms with E-state index in [4.69, 9.17) is 4.74 Å². The van der Waals surface area contributed by atoms with E-state index >= 15 is 0 Å². The van der Waals surface area contributed by atoms with Crippen LogP contribution in [-0.4, -0.2) is 37.2 Å². The SMILES string of the molecule is COC(=O)c1ccnc(NCCNC2CCCCCC2)c1. The summed E-state index contributed by atoms with van der Waals surface area (Å²) < 4.78 is 4.70. The third-order valence-corrected chi connectivity index (χ3v) is 3.90. The Morgan fingerprint density at radius 3 is 2.76 bits per heavy atom. The van der Waals surface area contributed by atoms with Crippen LogP contribution in [0.5, 0.6) is 0 Å². The molecule has 0 bridgehead atoms. The summed E-state index contributed by atoms with van der Waals surface area (Å²) in [6, 6.07) is 4.03. The van der Waals surface area contributed by atoms with Crippen LogP contribution in [0.4, 0.5) is 5.82 Å². The number of hydrogen-bond donors (Lipinski definition) is 2. The lowest BCUT2D eigenvalue weighted by atomic mass is 10.1. The van der Waals surface area contributed by atoms with Gasteiger partial charge in [0.25, 0.3) is 0 Å². The standard InChI is InChI=1S/C16H25N3O2/c1-21-16(20)13-8-9-18-15(12-13)19-11-10-17-14-6-4-2-3-5-7-14/h8-9,12,14,17H,2-7,10-11H2,1H3,(H,18,19). The van der Waals surface area contributed by atoms with Gasteiger partial charge in [-0.1, -0.05) is 25.7 Å². The highest BCUT2D eigenvalue weighted by Crippen LogP contribution is 2.16. The van der Waals surface area contributed by atoms with Crippen LogP contribution in [0.2, 0.25) is 0 Å². The second kappa shape index (κ2) is 8.62. The van der Waals surface area contributed by atoms with Crippen LogP contribution < -0.4 is 10.6 Å². The summed E-state index contributed by atoms with van der Waals surface area (Å²) in [4.78, 5) is 15.7. The van der Waals surface area contributed by atoms with Gasteiger partial charge in [0, 0.05) is 25.3 Å². The molecule has 0 aromatic carbocycles. The molecule has 0 amide bonds. The Hall–Kier alpha value is -1.62. The molecule has 5 heteroatoms. The molecule has 0 saturated heterocycles. The van der Waals surface area contributed by atoms with Gasteiger partial charge < -0.3 is 15.4 Å². The highest BCUT2D eigenvalue weighted by molar-refractivity contribution is 5.89. The predicted molar refractivity (Wildman–Crippen MR) is 83.6 cm³/mol. The van der Waals surface area contributed by atoms with Gasteiger partial charge in [0.1, 0.15) is 5.82 Å². The van der Waals surface area contributed by atoms with Crippen molar-refractivity contribution in [1.82, 2.24) is 10.3 Å². The van der Waals surface area contributed by atoms with Crippen molar-refractivity contribution in [3.8, 4) is 0 Å². The van der Waals surface area contributed by atoms with E-state index in [-0.39, 0.29) is 5.97 Å². The number of rotatable bonds is 6. The van der Waals surface area contributed by atoms with Gasteiger partial charge in [-0.05, 0) is 25.0 Å². The van der Waals surface area contributed by atoms with E-state index in [9.17, 15) is 4.79 Å². The Labute approximate surface area is 126 Å². The van der Waals surface area contributed by atoms with E-state index in [2.05, 4.69) is 15.6 Å². The van der Waals surface area contributed by atoms with E-state index < -0.39 is 0 Å². The Balaban J connectivity index is 1.71. The zero-order valence-corrected chi connectivity index (χ0v) is 12.7. The minimum absolute atomic E-state index is 0.336. The molecule has 2 rings (SSSR count). The number of ether oxygens (including phenoxy) is 1. The van der Waals surface area contributed by atoms with Crippen molar-refractivity contribution in [3.05, 3.63) is 23.9 Å². The monoisotopic (exact) mass is 291 g/mol. The number of hydrogen-bond acceptors (Lipinski definition) is 5. The van der Waals surface area contributed by atoms with Gasteiger partial charge in [-0.2, -0.15) is 0 Å². The molecule has 21 heavy (non-hydrogen) atoms. The highest BCUT2D eigenvalue weighted by atomic mass is 16.5. The zero-order valence-electron chi connectivity index (χ0n) is 12.7. The second-order valence-electron chi connectivity index (χ2n) is 5.49. The van der Waals surface area contributed by atoms with Gasteiger partial charge in [-0.25, -0.2) is 9.78 Å². The van der Waals surface area contributed by atoms with Gasteiger partial charge >= 0.3 is 5.97 Å². The molecule has 1 saturated carbocycles. The molecule has 1 aromatic rings. The third-order valence-electron chi connectivity index (χ3n) is 3.90. The number of carbonyl (C=O) groups excluding carboxylic acids is 1. The van der Waals surface area contributed by atoms with Crippen LogP contribution >= 0.6 is 0 Å². The minimum Gasteiger partial charge on any atom is -0.465 e. The first kappa shape index (κ1) is 15.8. The minimum atomic E-state index is -0.336. The average Bonchev–Trinajstić information content (AvgIpc) is 2.80. The summed E-state index contributed by atoms with van der Waals surface area (Å²) in [6.07, 6.45) is 9.63. The molecule has 1 aromatic heterocycles.